The van der Waals surface area contributed by atoms with Crippen molar-refractivity contribution in [3.8, 4) is 6.07 Å². The first-order chi connectivity index (χ1) is 5.56. The molecule has 1 rings (SSSR count). The predicted octanol–water partition coefficient (Wildman–Crippen LogP) is 2.80. The van der Waals surface area contributed by atoms with Gasteiger partial charge in [-0.2, -0.15) is 5.26 Å². The number of aryl methyl sites for hydroxylation is 1. The molecule has 0 bridgehead atoms. The van der Waals surface area contributed by atoms with E-state index in [4.69, 9.17) is 5.26 Å². The van der Waals surface area contributed by atoms with E-state index in [1.54, 1.807) is 0 Å². The Bertz CT molecular complexity index is 318. The number of hydrogen-bond acceptors (Lipinski definition) is 1. The monoisotopic (exact) mass is 159 g/mol. The first-order valence-corrected chi connectivity index (χ1v) is 4.04. The molecule has 0 atom stereocenters. The summed E-state index contributed by atoms with van der Waals surface area (Å²) in [6.07, 6.45) is 0. The second-order valence-electron chi connectivity index (χ2n) is 3.61. The van der Waals surface area contributed by atoms with Gasteiger partial charge in [-0.25, -0.2) is 0 Å². The van der Waals surface area contributed by atoms with Gasteiger partial charge in [0.15, 0.2) is 0 Å². The highest BCUT2D eigenvalue weighted by molar-refractivity contribution is 5.32. The molecule has 12 heavy (non-hydrogen) atoms. The quantitative estimate of drug-likeness (QED) is 0.618. The number of nitrogens with zero attached hydrogens (tertiary/aromatic N) is 1. The van der Waals surface area contributed by atoms with E-state index >= 15 is 0 Å². The lowest BCUT2D eigenvalue weighted by molar-refractivity contribution is 0.686. The first-order valence-electron chi connectivity index (χ1n) is 4.04. The standard InChI is InChI=1S/C11H13N/c1-9-5-4-6-10(7-9)11(2,3)8-12/h4-7H,1-3H3. The molecule has 0 spiro atoms. The topological polar surface area (TPSA) is 23.8 Å². The third-order valence-electron chi connectivity index (χ3n) is 2.02. The molecule has 1 nitrogen and oxygen atoms in total. The lowest BCUT2D eigenvalue weighted by Gasteiger charge is -2.15. The number of benzene rings is 1. The maximum absolute atomic E-state index is 8.89. The molecule has 0 fully saturated rings. The molecule has 0 aliphatic rings. The molecule has 0 aromatic heterocycles. The molecule has 0 amide bonds. The lowest BCUT2D eigenvalue weighted by atomic mass is 9.86. The fraction of sp³-hybridized carbons (Fsp3) is 0.364. The van der Waals surface area contributed by atoms with E-state index in [1.807, 2.05) is 39.0 Å². The smallest absolute Gasteiger partial charge is 0.0766 e. The van der Waals surface area contributed by atoms with Crippen molar-refractivity contribution in [2.45, 2.75) is 26.2 Å². The Hall–Kier alpha value is -1.29. The van der Waals surface area contributed by atoms with Crippen LogP contribution in [-0.2, 0) is 5.41 Å². The van der Waals surface area contributed by atoms with Gasteiger partial charge in [0.1, 0.15) is 0 Å². The predicted molar refractivity (Wildman–Crippen MR) is 49.8 cm³/mol. The van der Waals surface area contributed by atoms with Crippen LogP contribution < -0.4 is 0 Å². The van der Waals surface area contributed by atoms with Crippen LogP contribution in [0.1, 0.15) is 25.0 Å². The molecule has 0 saturated heterocycles. The van der Waals surface area contributed by atoms with Gasteiger partial charge in [0.25, 0.3) is 0 Å². The van der Waals surface area contributed by atoms with Crippen molar-refractivity contribution in [1.29, 1.82) is 5.26 Å². The van der Waals surface area contributed by atoms with Gasteiger partial charge in [0, 0.05) is 0 Å². The summed E-state index contributed by atoms with van der Waals surface area (Å²) in [7, 11) is 0. The van der Waals surface area contributed by atoms with Crippen molar-refractivity contribution in [3.05, 3.63) is 35.4 Å². The summed E-state index contributed by atoms with van der Waals surface area (Å²) in [4.78, 5) is 0. The Kier molecular flexibility index (Phi) is 2.19. The fourth-order valence-electron chi connectivity index (χ4n) is 1.10. The molecule has 1 aromatic rings. The molecule has 0 saturated carbocycles. The second kappa shape index (κ2) is 2.98. The van der Waals surface area contributed by atoms with Crippen molar-refractivity contribution in [2.24, 2.45) is 0 Å². The van der Waals surface area contributed by atoms with E-state index in [-0.39, 0.29) is 5.41 Å². The van der Waals surface area contributed by atoms with Crippen LogP contribution in [0.5, 0.6) is 0 Å². The summed E-state index contributed by atoms with van der Waals surface area (Å²) in [5.74, 6) is 0. The van der Waals surface area contributed by atoms with Gasteiger partial charge in [-0.1, -0.05) is 29.8 Å². The Morgan fingerprint density at radius 3 is 2.50 bits per heavy atom. The van der Waals surface area contributed by atoms with Crippen LogP contribution in [0.25, 0.3) is 0 Å². The minimum atomic E-state index is -0.369. The van der Waals surface area contributed by atoms with Crippen LogP contribution in [0.15, 0.2) is 24.3 Å². The highest BCUT2D eigenvalue weighted by Gasteiger charge is 2.18. The van der Waals surface area contributed by atoms with Gasteiger partial charge in [-0.3, -0.25) is 0 Å². The Labute approximate surface area is 73.6 Å². The highest BCUT2D eigenvalue weighted by atomic mass is 14.3. The molecule has 0 unspecified atom stereocenters. The van der Waals surface area contributed by atoms with Crippen LogP contribution in [0.2, 0.25) is 0 Å². The molecule has 0 aliphatic heterocycles. The van der Waals surface area contributed by atoms with Gasteiger partial charge in [0.05, 0.1) is 11.5 Å². The highest BCUT2D eigenvalue weighted by Crippen LogP contribution is 2.22. The maximum atomic E-state index is 8.89. The fourth-order valence-corrected chi connectivity index (χ4v) is 1.10. The van der Waals surface area contributed by atoms with Gasteiger partial charge in [0.2, 0.25) is 0 Å². The van der Waals surface area contributed by atoms with Crippen LogP contribution in [0.3, 0.4) is 0 Å². The van der Waals surface area contributed by atoms with E-state index in [9.17, 15) is 0 Å². The van der Waals surface area contributed by atoms with Gasteiger partial charge < -0.3 is 0 Å². The molecule has 0 heterocycles. The van der Waals surface area contributed by atoms with E-state index in [0.29, 0.717) is 0 Å². The normalized spacial score (nSPS) is 10.8. The Balaban J connectivity index is 3.14. The molecule has 62 valence electrons. The van der Waals surface area contributed by atoms with E-state index in [2.05, 4.69) is 12.1 Å². The van der Waals surface area contributed by atoms with Crippen molar-refractivity contribution in [1.82, 2.24) is 0 Å². The second-order valence-corrected chi connectivity index (χ2v) is 3.61. The first kappa shape index (κ1) is 8.80. The summed E-state index contributed by atoms with van der Waals surface area (Å²) in [5, 5.41) is 8.89. The zero-order chi connectivity index (χ0) is 9.19. The average Bonchev–Trinajstić information content (AvgIpc) is 2.05. The summed E-state index contributed by atoms with van der Waals surface area (Å²) in [5.41, 5.74) is 1.92. The minimum absolute atomic E-state index is 0.369. The maximum Gasteiger partial charge on any atom is 0.0766 e. The lowest BCUT2D eigenvalue weighted by Crippen LogP contribution is -2.13. The SMILES string of the molecule is Cc1cccc(C(C)(C)C#N)c1. The van der Waals surface area contributed by atoms with Crippen molar-refractivity contribution in [3.63, 3.8) is 0 Å². The van der Waals surface area contributed by atoms with Crippen LogP contribution in [-0.4, -0.2) is 0 Å². The number of hydrogen-bond donors (Lipinski definition) is 0. The minimum Gasteiger partial charge on any atom is -0.197 e. The zero-order valence-corrected chi connectivity index (χ0v) is 7.76. The summed E-state index contributed by atoms with van der Waals surface area (Å²) in [6.45, 7) is 5.90. The van der Waals surface area contributed by atoms with Crippen LogP contribution in [0, 0.1) is 18.3 Å². The number of rotatable bonds is 1. The summed E-state index contributed by atoms with van der Waals surface area (Å²) >= 11 is 0. The third kappa shape index (κ3) is 1.65. The van der Waals surface area contributed by atoms with Crippen LogP contribution >= 0.6 is 0 Å². The van der Waals surface area contributed by atoms with Crippen molar-refractivity contribution in [2.75, 3.05) is 0 Å². The van der Waals surface area contributed by atoms with Crippen molar-refractivity contribution >= 4 is 0 Å². The molecule has 1 aromatic carbocycles. The largest absolute Gasteiger partial charge is 0.197 e. The average molecular weight is 159 g/mol. The third-order valence-corrected chi connectivity index (χ3v) is 2.02. The molecular formula is C11H13N. The van der Waals surface area contributed by atoms with E-state index in [1.165, 1.54) is 5.56 Å². The molecule has 1 heteroatoms. The van der Waals surface area contributed by atoms with E-state index < -0.39 is 0 Å². The molecule has 0 radical (unpaired) electrons. The van der Waals surface area contributed by atoms with Gasteiger partial charge >= 0.3 is 0 Å². The summed E-state index contributed by atoms with van der Waals surface area (Å²) in [6, 6.07) is 10.4. The van der Waals surface area contributed by atoms with Gasteiger partial charge in [-0.05, 0) is 26.3 Å². The summed E-state index contributed by atoms with van der Waals surface area (Å²) < 4.78 is 0. The number of nitriles is 1. The Morgan fingerprint density at radius 2 is 2.00 bits per heavy atom. The molecule has 0 aliphatic carbocycles. The van der Waals surface area contributed by atoms with Gasteiger partial charge in [-0.15, -0.1) is 0 Å². The zero-order valence-electron chi connectivity index (χ0n) is 7.76. The molecular weight excluding hydrogens is 146 g/mol. The van der Waals surface area contributed by atoms with Crippen molar-refractivity contribution < 1.29 is 0 Å². The Morgan fingerprint density at radius 1 is 1.33 bits per heavy atom. The van der Waals surface area contributed by atoms with E-state index in [0.717, 1.165) is 5.56 Å². The molecule has 0 N–H and O–H groups in total. The van der Waals surface area contributed by atoms with Crippen LogP contribution in [0.4, 0.5) is 0 Å².